The van der Waals surface area contributed by atoms with E-state index in [9.17, 15) is 4.79 Å². The van der Waals surface area contributed by atoms with Crippen molar-refractivity contribution < 1.29 is 18.8 Å². The van der Waals surface area contributed by atoms with Crippen LogP contribution in [0.2, 0.25) is 0 Å². The molecule has 25 heavy (non-hydrogen) atoms. The van der Waals surface area contributed by atoms with Gasteiger partial charge in [0.25, 0.3) is 0 Å². The van der Waals surface area contributed by atoms with E-state index >= 15 is 0 Å². The summed E-state index contributed by atoms with van der Waals surface area (Å²) in [7, 11) is -0.337. The molecular weight excluding hydrogens is 337 g/mol. The van der Waals surface area contributed by atoms with E-state index in [4.69, 9.17) is 14.0 Å². The molecule has 0 aliphatic carbocycles. The van der Waals surface area contributed by atoms with E-state index < -0.39 is 5.60 Å². The Morgan fingerprint density at radius 3 is 2.40 bits per heavy atom. The quantitative estimate of drug-likeness (QED) is 0.717. The van der Waals surface area contributed by atoms with Crippen molar-refractivity contribution in [3.63, 3.8) is 0 Å². The van der Waals surface area contributed by atoms with E-state index in [-0.39, 0.29) is 24.4 Å². The van der Waals surface area contributed by atoms with Crippen LogP contribution in [0.1, 0.15) is 58.9 Å². The first-order chi connectivity index (χ1) is 11.4. The number of carbonyl (C=O) groups is 1. The van der Waals surface area contributed by atoms with Gasteiger partial charge >= 0.3 is 13.2 Å². The molecule has 7 heteroatoms. The molecule has 2 aliphatic heterocycles. The second-order valence-electron chi connectivity index (χ2n) is 8.84. The lowest BCUT2D eigenvalue weighted by atomic mass is 9.87. The van der Waals surface area contributed by atoms with Crippen LogP contribution < -0.4 is 4.78 Å². The Morgan fingerprint density at radius 1 is 1.24 bits per heavy atom. The zero-order valence-corrected chi connectivity index (χ0v) is 17.1. The summed E-state index contributed by atoms with van der Waals surface area (Å²) in [5.74, 6) is 0. The molecule has 0 saturated carbocycles. The van der Waals surface area contributed by atoms with Crippen LogP contribution in [0.5, 0.6) is 0 Å². The Bertz CT molecular complexity index is 661. The normalized spacial score (nSPS) is 22.0. The van der Waals surface area contributed by atoms with Gasteiger partial charge in [-0.15, -0.1) is 11.3 Å². The molecule has 1 aromatic rings. The number of hydrogen-bond donors (Lipinski definition) is 0. The summed E-state index contributed by atoms with van der Waals surface area (Å²) in [4.78, 5) is 15.4. The van der Waals surface area contributed by atoms with Crippen LogP contribution in [-0.4, -0.2) is 41.5 Å². The highest BCUT2D eigenvalue weighted by Gasteiger charge is 2.52. The molecule has 0 N–H and O–H groups in total. The lowest BCUT2D eigenvalue weighted by Crippen LogP contribution is -2.41. The maximum Gasteiger partial charge on any atom is 0.505 e. The standard InChI is InChI=1S/C18H28BNO4S/c1-16(2,3)22-15(21)20-9-8-13-12(11-20)10-14(25-13)19-23-17(4,5)18(6,7)24-19/h10H,8-9,11H2,1-7H3. The average Bonchev–Trinajstić information content (AvgIpc) is 2.95. The molecule has 5 nitrogen and oxygen atoms in total. The molecule has 0 radical (unpaired) electrons. The summed E-state index contributed by atoms with van der Waals surface area (Å²) in [5, 5.41) is 0. The van der Waals surface area contributed by atoms with Gasteiger partial charge in [0.05, 0.1) is 17.7 Å². The van der Waals surface area contributed by atoms with Gasteiger partial charge in [-0.05, 0) is 66.5 Å². The molecule has 1 saturated heterocycles. The third-order valence-corrected chi connectivity index (χ3v) is 6.28. The number of hydrogen-bond acceptors (Lipinski definition) is 5. The predicted octanol–water partition coefficient (Wildman–Crippen LogP) is 3.34. The van der Waals surface area contributed by atoms with Crippen LogP contribution >= 0.6 is 11.3 Å². The first-order valence-electron chi connectivity index (χ1n) is 8.83. The Hall–Kier alpha value is -1.05. The molecule has 1 aromatic heterocycles. The van der Waals surface area contributed by atoms with Crippen molar-refractivity contribution in [1.82, 2.24) is 4.90 Å². The zero-order valence-electron chi connectivity index (χ0n) is 16.3. The van der Waals surface area contributed by atoms with Crippen LogP contribution in [0.25, 0.3) is 0 Å². The van der Waals surface area contributed by atoms with Crippen molar-refractivity contribution in [3.8, 4) is 0 Å². The fourth-order valence-electron chi connectivity index (χ4n) is 2.91. The average molecular weight is 365 g/mol. The van der Waals surface area contributed by atoms with E-state index in [1.54, 1.807) is 16.2 Å². The van der Waals surface area contributed by atoms with Crippen LogP contribution in [0.15, 0.2) is 6.07 Å². The van der Waals surface area contributed by atoms with Crippen molar-refractivity contribution in [2.24, 2.45) is 0 Å². The number of rotatable bonds is 1. The Balaban J connectivity index is 1.73. The van der Waals surface area contributed by atoms with Gasteiger partial charge in [0.1, 0.15) is 5.60 Å². The summed E-state index contributed by atoms with van der Waals surface area (Å²) in [5.41, 5.74) is 0.0155. The van der Waals surface area contributed by atoms with Crippen LogP contribution in [-0.2, 0) is 27.0 Å². The summed E-state index contributed by atoms with van der Waals surface area (Å²) in [6.07, 6.45) is 0.597. The van der Waals surface area contributed by atoms with Crippen molar-refractivity contribution in [3.05, 3.63) is 16.5 Å². The highest BCUT2D eigenvalue weighted by atomic mass is 32.1. The summed E-state index contributed by atoms with van der Waals surface area (Å²) < 4.78 is 18.9. The fraction of sp³-hybridized carbons (Fsp3) is 0.722. The number of fused-ring (bicyclic) bond motifs is 1. The lowest BCUT2D eigenvalue weighted by Gasteiger charge is -2.32. The van der Waals surface area contributed by atoms with Gasteiger partial charge in [-0.1, -0.05) is 0 Å². The maximum atomic E-state index is 12.3. The minimum absolute atomic E-state index is 0.249. The number of nitrogens with zero attached hydrogens (tertiary/aromatic N) is 1. The third kappa shape index (κ3) is 3.73. The van der Waals surface area contributed by atoms with E-state index in [0.717, 1.165) is 11.2 Å². The van der Waals surface area contributed by atoms with Crippen molar-refractivity contribution in [2.45, 2.75) is 78.2 Å². The number of amides is 1. The number of carbonyl (C=O) groups excluding carboxylic acids is 1. The highest BCUT2D eigenvalue weighted by molar-refractivity contribution is 7.22. The molecule has 0 atom stereocenters. The highest BCUT2D eigenvalue weighted by Crippen LogP contribution is 2.37. The molecule has 2 aliphatic rings. The van der Waals surface area contributed by atoms with Gasteiger partial charge < -0.3 is 18.9 Å². The molecule has 1 amide bonds. The molecule has 0 spiro atoms. The topological polar surface area (TPSA) is 48.0 Å². The van der Waals surface area contributed by atoms with E-state index in [0.29, 0.717) is 13.1 Å². The molecular formula is C18H28BNO4S. The third-order valence-electron chi connectivity index (χ3n) is 5.02. The van der Waals surface area contributed by atoms with Gasteiger partial charge in [0.2, 0.25) is 0 Å². The monoisotopic (exact) mass is 365 g/mol. The summed E-state index contributed by atoms with van der Waals surface area (Å²) in [6, 6.07) is 2.12. The molecule has 0 bridgehead atoms. The minimum Gasteiger partial charge on any atom is -0.444 e. The van der Waals surface area contributed by atoms with Gasteiger partial charge in [-0.2, -0.15) is 0 Å². The van der Waals surface area contributed by atoms with Crippen molar-refractivity contribution in [2.75, 3.05) is 6.54 Å². The summed E-state index contributed by atoms with van der Waals surface area (Å²) >= 11 is 1.73. The van der Waals surface area contributed by atoms with Gasteiger partial charge in [-0.3, -0.25) is 0 Å². The van der Waals surface area contributed by atoms with Crippen LogP contribution in [0, 0.1) is 0 Å². The Kier molecular flexibility index (Phi) is 4.49. The van der Waals surface area contributed by atoms with Crippen molar-refractivity contribution >= 4 is 29.3 Å². The van der Waals surface area contributed by atoms with Gasteiger partial charge in [-0.25, -0.2) is 4.79 Å². The largest absolute Gasteiger partial charge is 0.505 e. The summed E-state index contributed by atoms with van der Waals surface area (Å²) in [6.45, 7) is 15.2. The van der Waals surface area contributed by atoms with E-state index in [1.807, 2.05) is 20.8 Å². The minimum atomic E-state index is -0.472. The fourth-order valence-corrected chi connectivity index (χ4v) is 4.04. The van der Waals surface area contributed by atoms with E-state index in [1.165, 1.54) is 10.4 Å². The maximum absolute atomic E-state index is 12.3. The second kappa shape index (κ2) is 6.00. The lowest BCUT2D eigenvalue weighted by molar-refractivity contribution is 0.00578. The number of ether oxygens (including phenoxy) is 1. The first-order valence-corrected chi connectivity index (χ1v) is 9.65. The first kappa shape index (κ1) is 18.7. The molecule has 0 aromatic carbocycles. The van der Waals surface area contributed by atoms with Crippen molar-refractivity contribution in [1.29, 1.82) is 0 Å². The van der Waals surface area contributed by atoms with Crippen LogP contribution in [0.4, 0.5) is 4.79 Å². The number of thiophene rings is 1. The van der Waals surface area contributed by atoms with Gasteiger partial charge in [0, 0.05) is 16.2 Å². The SMILES string of the molecule is CC(C)(C)OC(=O)N1CCc2sc(B3OC(C)(C)C(C)(C)O3)cc2C1. The van der Waals surface area contributed by atoms with Gasteiger partial charge in [0.15, 0.2) is 0 Å². The Labute approximate surface area is 154 Å². The molecule has 138 valence electrons. The zero-order chi connectivity index (χ0) is 18.6. The van der Waals surface area contributed by atoms with E-state index in [2.05, 4.69) is 33.8 Å². The molecule has 0 unspecified atom stereocenters. The molecule has 3 rings (SSSR count). The Morgan fingerprint density at radius 2 is 1.84 bits per heavy atom. The molecule has 3 heterocycles. The van der Waals surface area contributed by atoms with Crippen LogP contribution in [0.3, 0.4) is 0 Å². The molecule has 1 fully saturated rings. The predicted molar refractivity (Wildman–Crippen MR) is 100 cm³/mol. The smallest absolute Gasteiger partial charge is 0.444 e. The second-order valence-corrected chi connectivity index (χ2v) is 10.0.